The zero-order chi connectivity index (χ0) is 23.0. The Labute approximate surface area is 200 Å². The lowest BCUT2D eigenvalue weighted by atomic mass is 10.2. The van der Waals surface area contributed by atoms with Gasteiger partial charge in [-0.15, -0.1) is 0 Å². The van der Waals surface area contributed by atoms with Gasteiger partial charge in [-0.3, -0.25) is 4.79 Å². The molecule has 2 aliphatic heterocycles. The molecule has 0 unspecified atom stereocenters. The van der Waals surface area contributed by atoms with E-state index in [9.17, 15) is 13.2 Å². The minimum absolute atomic E-state index is 0.155. The number of carbonyl (C=O) groups excluding carboxylic acids is 1. The number of rotatable bonds is 5. The first kappa shape index (κ1) is 22.4. The average molecular weight is 505 g/mol. The number of amides is 1. The van der Waals surface area contributed by atoms with Crippen LogP contribution in [0.4, 0.5) is 5.82 Å². The van der Waals surface area contributed by atoms with Gasteiger partial charge >= 0.3 is 0 Å². The number of nitrogens with one attached hydrogen (secondary N) is 1. The molecule has 1 fully saturated rings. The highest BCUT2D eigenvalue weighted by Crippen LogP contribution is 2.36. The van der Waals surface area contributed by atoms with Crippen LogP contribution in [0, 0.1) is 0 Å². The summed E-state index contributed by atoms with van der Waals surface area (Å²) < 4.78 is 34.0. The van der Waals surface area contributed by atoms with E-state index >= 15 is 0 Å². The van der Waals surface area contributed by atoms with Gasteiger partial charge in [-0.05, 0) is 42.5 Å². The molecule has 0 spiro atoms. The van der Waals surface area contributed by atoms with E-state index in [1.165, 1.54) is 28.6 Å². The number of morpholine rings is 1. The molecule has 5 rings (SSSR count). The van der Waals surface area contributed by atoms with E-state index in [2.05, 4.69) is 10.4 Å². The molecule has 1 N–H and O–H groups in total. The number of hydrogen-bond acceptors (Lipinski definition) is 6. The van der Waals surface area contributed by atoms with Gasteiger partial charge in [0.25, 0.3) is 5.91 Å². The van der Waals surface area contributed by atoms with E-state index < -0.39 is 10.0 Å². The first-order chi connectivity index (χ1) is 15.9. The Balaban J connectivity index is 1.40. The summed E-state index contributed by atoms with van der Waals surface area (Å²) in [5.74, 6) is 1.79. The Kier molecular flexibility index (Phi) is 6.19. The van der Waals surface area contributed by atoms with Gasteiger partial charge in [0.2, 0.25) is 10.0 Å². The zero-order valence-corrected chi connectivity index (χ0v) is 19.9. The molecule has 0 saturated carbocycles. The third kappa shape index (κ3) is 4.41. The van der Waals surface area contributed by atoms with Crippen molar-refractivity contribution in [3.05, 3.63) is 70.4 Å². The molecule has 0 bridgehead atoms. The Morgan fingerprint density at radius 2 is 1.85 bits per heavy atom. The maximum absolute atomic E-state index is 13.1. The molecule has 3 aromatic rings. The van der Waals surface area contributed by atoms with Crippen molar-refractivity contribution in [3.8, 4) is 5.69 Å². The Bertz CT molecular complexity index is 1300. The van der Waals surface area contributed by atoms with Crippen molar-refractivity contribution in [2.24, 2.45) is 0 Å². The predicted molar refractivity (Wildman–Crippen MR) is 128 cm³/mol. The molecule has 0 radical (unpaired) electrons. The zero-order valence-electron chi connectivity index (χ0n) is 17.5. The fourth-order valence-electron chi connectivity index (χ4n) is 3.83. The average Bonchev–Trinajstić information content (AvgIpc) is 3.42. The number of carbonyl (C=O) groups is 1. The van der Waals surface area contributed by atoms with Crippen molar-refractivity contribution < 1.29 is 17.9 Å². The number of hydrogen-bond donors (Lipinski definition) is 1. The maximum Gasteiger partial charge on any atom is 0.256 e. The van der Waals surface area contributed by atoms with Crippen LogP contribution in [0.15, 0.2) is 53.4 Å². The monoisotopic (exact) mass is 504 g/mol. The van der Waals surface area contributed by atoms with Crippen LogP contribution in [0.3, 0.4) is 0 Å². The lowest BCUT2D eigenvalue weighted by molar-refractivity contribution is 0.0730. The van der Waals surface area contributed by atoms with Gasteiger partial charge in [-0.2, -0.15) is 21.2 Å². The second-order valence-electron chi connectivity index (χ2n) is 7.65. The molecule has 33 heavy (non-hydrogen) atoms. The van der Waals surface area contributed by atoms with Crippen molar-refractivity contribution in [2.75, 3.05) is 31.6 Å². The summed E-state index contributed by atoms with van der Waals surface area (Å²) in [6.07, 6.45) is 0. The van der Waals surface area contributed by atoms with Crippen LogP contribution in [0.25, 0.3) is 5.69 Å². The van der Waals surface area contributed by atoms with E-state index in [1.54, 1.807) is 28.6 Å². The molecular weight excluding hydrogens is 484 g/mol. The van der Waals surface area contributed by atoms with E-state index in [0.29, 0.717) is 42.7 Å². The summed E-state index contributed by atoms with van der Waals surface area (Å²) in [7, 11) is -3.62. The van der Waals surface area contributed by atoms with Crippen molar-refractivity contribution in [1.82, 2.24) is 14.1 Å². The summed E-state index contributed by atoms with van der Waals surface area (Å²) >= 11 is 7.90. The molecule has 8 nitrogen and oxygen atoms in total. The van der Waals surface area contributed by atoms with Crippen LogP contribution < -0.4 is 5.32 Å². The van der Waals surface area contributed by atoms with Crippen LogP contribution >= 0.6 is 23.4 Å². The van der Waals surface area contributed by atoms with Gasteiger partial charge < -0.3 is 10.1 Å². The summed E-state index contributed by atoms with van der Waals surface area (Å²) in [5.41, 5.74) is 3.03. The molecule has 172 valence electrons. The predicted octanol–water partition coefficient (Wildman–Crippen LogP) is 3.55. The van der Waals surface area contributed by atoms with Gasteiger partial charge in [0.1, 0.15) is 5.82 Å². The third-order valence-corrected chi connectivity index (χ3v) is 8.68. The van der Waals surface area contributed by atoms with Crippen molar-refractivity contribution in [1.29, 1.82) is 0 Å². The second-order valence-corrected chi connectivity index (χ2v) is 11.0. The quantitative estimate of drug-likeness (QED) is 0.571. The highest BCUT2D eigenvalue weighted by atomic mass is 35.5. The minimum atomic E-state index is -3.62. The summed E-state index contributed by atoms with van der Waals surface area (Å²) in [4.78, 5) is 13.2. The van der Waals surface area contributed by atoms with E-state index in [-0.39, 0.29) is 10.8 Å². The molecule has 2 aromatic carbocycles. The molecule has 0 aliphatic carbocycles. The van der Waals surface area contributed by atoms with Crippen LogP contribution in [-0.4, -0.2) is 54.7 Å². The van der Waals surface area contributed by atoms with Crippen LogP contribution in [0.2, 0.25) is 5.02 Å². The summed E-state index contributed by atoms with van der Waals surface area (Å²) in [6.45, 7) is 1.40. The highest BCUT2D eigenvalue weighted by molar-refractivity contribution is 7.98. The first-order valence-electron chi connectivity index (χ1n) is 10.4. The number of nitrogens with zero attached hydrogens (tertiary/aromatic N) is 3. The number of thioether (sulfide) groups is 1. The molecule has 1 amide bonds. The number of aromatic nitrogens is 2. The Morgan fingerprint density at radius 1 is 1.09 bits per heavy atom. The van der Waals surface area contributed by atoms with Crippen molar-refractivity contribution in [2.45, 2.75) is 16.4 Å². The number of anilines is 1. The smallest absolute Gasteiger partial charge is 0.256 e. The fraction of sp³-hybridized carbons (Fsp3) is 0.273. The molecule has 1 saturated heterocycles. The Morgan fingerprint density at radius 3 is 2.58 bits per heavy atom. The van der Waals surface area contributed by atoms with Gasteiger partial charge in [0, 0.05) is 40.7 Å². The number of fused-ring (bicyclic) bond motifs is 1. The number of halogens is 1. The molecule has 0 atom stereocenters. The second kappa shape index (κ2) is 9.11. The molecule has 11 heteroatoms. The standard InChI is InChI=1S/C22H21ClN4O4S2/c23-16-2-1-3-17(12-16)27-21(19-13-32-14-20(19)25-27)24-22(28)15-4-6-18(7-5-15)33(29,30)26-8-10-31-11-9-26/h1-7,12H,8-11,13-14H2,(H,24,28). The Hall–Kier alpha value is -2.37. The number of sulfonamides is 1. The minimum Gasteiger partial charge on any atom is -0.379 e. The van der Waals surface area contributed by atoms with Crippen molar-refractivity contribution >= 4 is 45.1 Å². The van der Waals surface area contributed by atoms with E-state index in [4.69, 9.17) is 16.3 Å². The SMILES string of the molecule is O=C(Nc1c2c(nn1-c1cccc(Cl)c1)CSC2)c1ccc(S(=O)(=O)N2CCOCC2)cc1. The van der Waals surface area contributed by atoms with Gasteiger partial charge in [0.05, 0.1) is 29.5 Å². The lowest BCUT2D eigenvalue weighted by Gasteiger charge is -2.26. The van der Waals surface area contributed by atoms with Gasteiger partial charge in [-0.1, -0.05) is 17.7 Å². The highest BCUT2D eigenvalue weighted by Gasteiger charge is 2.27. The fourth-order valence-corrected chi connectivity index (χ4v) is 6.46. The lowest BCUT2D eigenvalue weighted by Crippen LogP contribution is -2.40. The van der Waals surface area contributed by atoms with E-state index in [1.807, 2.05) is 12.1 Å². The number of ether oxygens (including phenoxy) is 1. The third-order valence-electron chi connectivity index (χ3n) is 5.56. The summed E-state index contributed by atoms with van der Waals surface area (Å²) in [6, 6.07) is 13.3. The molecule has 2 aliphatic rings. The normalized spacial score (nSPS) is 16.5. The largest absolute Gasteiger partial charge is 0.379 e. The van der Waals surface area contributed by atoms with Gasteiger partial charge in [0.15, 0.2) is 0 Å². The number of benzene rings is 2. The van der Waals surface area contributed by atoms with E-state index in [0.717, 1.165) is 28.5 Å². The van der Waals surface area contributed by atoms with Crippen LogP contribution in [0.1, 0.15) is 21.6 Å². The molecule has 1 aromatic heterocycles. The van der Waals surface area contributed by atoms with Gasteiger partial charge in [-0.25, -0.2) is 13.1 Å². The molecular formula is C22H21ClN4O4S2. The maximum atomic E-state index is 13.1. The van der Waals surface area contributed by atoms with Crippen molar-refractivity contribution in [3.63, 3.8) is 0 Å². The van der Waals surface area contributed by atoms with Crippen LogP contribution in [-0.2, 0) is 26.3 Å². The molecule has 3 heterocycles. The van der Waals surface area contributed by atoms with Crippen LogP contribution in [0.5, 0.6) is 0 Å². The topological polar surface area (TPSA) is 93.5 Å². The summed E-state index contributed by atoms with van der Waals surface area (Å²) in [5, 5.41) is 8.23. The first-order valence-corrected chi connectivity index (χ1v) is 13.3.